The Balaban J connectivity index is 2.21. The van der Waals surface area contributed by atoms with E-state index in [1.165, 1.54) is 12.1 Å². The number of benzene rings is 2. The maximum absolute atomic E-state index is 13.5. The van der Waals surface area contributed by atoms with Gasteiger partial charge in [-0.15, -0.1) is 11.6 Å². The van der Waals surface area contributed by atoms with Gasteiger partial charge >= 0.3 is 0 Å². The Hall–Kier alpha value is -1.12. The van der Waals surface area contributed by atoms with Gasteiger partial charge in [-0.1, -0.05) is 35.9 Å². The van der Waals surface area contributed by atoms with Gasteiger partial charge in [0.05, 0.1) is 5.38 Å². The van der Waals surface area contributed by atoms with Crippen LogP contribution >= 0.6 is 23.2 Å². The number of hydrogen-bond donors (Lipinski definition) is 0. The second kappa shape index (κ2) is 5.68. The van der Waals surface area contributed by atoms with E-state index >= 15 is 0 Å². The van der Waals surface area contributed by atoms with Crippen LogP contribution in [0.25, 0.3) is 0 Å². The lowest BCUT2D eigenvalue weighted by atomic mass is 10.0. The number of alkyl halides is 1. The van der Waals surface area contributed by atoms with Crippen LogP contribution in [-0.2, 0) is 6.42 Å². The monoisotopic (exact) mass is 286 g/mol. The van der Waals surface area contributed by atoms with Crippen LogP contribution in [0.5, 0.6) is 0 Å². The zero-order valence-corrected chi connectivity index (χ0v) is 10.8. The molecule has 0 aromatic heterocycles. The Morgan fingerprint density at radius 2 is 1.78 bits per heavy atom. The van der Waals surface area contributed by atoms with Crippen molar-refractivity contribution in [2.45, 2.75) is 11.8 Å². The molecule has 0 heterocycles. The predicted molar refractivity (Wildman–Crippen MR) is 70.1 cm³/mol. The van der Waals surface area contributed by atoms with Crippen LogP contribution in [0.3, 0.4) is 0 Å². The third-order valence-electron chi connectivity index (χ3n) is 2.64. The summed E-state index contributed by atoms with van der Waals surface area (Å²) in [5, 5.41) is 0.123. The maximum Gasteiger partial charge on any atom is 0.162 e. The van der Waals surface area contributed by atoms with Crippen molar-refractivity contribution in [1.29, 1.82) is 0 Å². The molecule has 2 rings (SSSR count). The van der Waals surface area contributed by atoms with Gasteiger partial charge in [0, 0.05) is 5.02 Å². The van der Waals surface area contributed by atoms with Crippen molar-refractivity contribution in [3.8, 4) is 0 Å². The molecule has 94 valence electrons. The van der Waals surface area contributed by atoms with Crippen LogP contribution in [0.4, 0.5) is 8.78 Å². The highest BCUT2D eigenvalue weighted by atomic mass is 35.5. The first-order valence-electron chi connectivity index (χ1n) is 5.40. The molecule has 0 radical (unpaired) electrons. The molecule has 0 N–H and O–H groups in total. The SMILES string of the molecule is Fc1cccc(CC(Cl)c2cccc(Cl)c2)c1F. The minimum Gasteiger partial charge on any atom is -0.204 e. The number of hydrogen-bond acceptors (Lipinski definition) is 0. The summed E-state index contributed by atoms with van der Waals surface area (Å²) in [7, 11) is 0. The van der Waals surface area contributed by atoms with Crippen LogP contribution in [0, 0.1) is 11.6 Å². The van der Waals surface area contributed by atoms with Crippen LogP contribution < -0.4 is 0 Å². The molecule has 0 amide bonds. The van der Waals surface area contributed by atoms with E-state index in [9.17, 15) is 8.78 Å². The van der Waals surface area contributed by atoms with Crippen molar-refractivity contribution in [3.63, 3.8) is 0 Å². The molecule has 0 aliphatic rings. The lowest BCUT2D eigenvalue weighted by Gasteiger charge is -2.11. The van der Waals surface area contributed by atoms with Crippen LogP contribution in [0.1, 0.15) is 16.5 Å². The zero-order chi connectivity index (χ0) is 13.1. The first kappa shape index (κ1) is 13.3. The molecule has 2 aromatic rings. The number of rotatable bonds is 3. The molecule has 0 bridgehead atoms. The van der Waals surface area contributed by atoms with E-state index in [1.807, 2.05) is 0 Å². The van der Waals surface area contributed by atoms with Gasteiger partial charge in [-0.3, -0.25) is 0 Å². The van der Waals surface area contributed by atoms with Gasteiger partial charge in [0.15, 0.2) is 11.6 Å². The molecule has 18 heavy (non-hydrogen) atoms. The molecule has 1 unspecified atom stereocenters. The highest BCUT2D eigenvalue weighted by Crippen LogP contribution is 2.28. The van der Waals surface area contributed by atoms with Crippen LogP contribution in [-0.4, -0.2) is 0 Å². The first-order chi connectivity index (χ1) is 8.58. The summed E-state index contributed by atoms with van der Waals surface area (Å²) in [6, 6.07) is 11.1. The number of halogens is 4. The summed E-state index contributed by atoms with van der Waals surface area (Å²) < 4.78 is 26.6. The minimum absolute atomic E-state index is 0.214. The Morgan fingerprint density at radius 1 is 1.06 bits per heavy atom. The lowest BCUT2D eigenvalue weighted by Crippen LogP contribution is -2.00. The van der Waals surface area contributed by atoms with Crippen LogP contribution in [0.15, 0.2) is 42.5 Å². The molecule has 2 aromatic carbocycles. The topological polar surface area (TPSA) is 0 Å². The molecule has 1 atom stereocenters. The smallest absolute Gasteiger partial charge is 0.162 e. The van der Waals surface area contributed by atoms with Crippen molar-refractivity contribution in [1.82, 2.24) is 0 Å². The Bertz CT molecular complexity index is 555. The normalized spacial score (nSPS) is 12.4. The van der Waals surface area contributed by atoms with Gasteiger partial charge in [-0.2, -0.15) is 0 Å². The van der Waals surface area contributed by atoms with Gasteiger partial charge in [-0.05, 0) is 35.7 Å². The molecule has 0 saturated carbocycles. The summed E-state index contributed by atoms with van der Waals surface area (Å²) in [6.45, 7) is 0. The van der Waals surface area contributed by atoms with Gasteiger partial charge in [0.2, 0.25) is 0 Å². The van der Waals surface area contributed by atoms with Crippen LogP contribution in [0.2, 0.25) is 5.02 Å². The van der Waals surface area contributed by atoms with Crippen molar-refractivity contribution in [3.05, 3.63) is 70.2 Å². The largest absolute Gasteiger partial charge is 0.204 e. The van der Waals surface area contributed by atoms with E-state index in [0.717, 1.165) is 11.6 Å². The predicted octanol–water partition coefficient (Wildman–Crippen LogP) is 5.14. The Labute approximate surface area is 114 Å². The van der Waals surface area contributed by atoms with Crippen molar-refractivity contribution < 1.29 is 8.78 Å². The third kappa shape index (κ3) is 3.01. The summed E-state index contributed by atoms with van der Waals surface area (Å²) >= 11 is 12.0. The van der Waals surface area contributed by atoms with E-state index < -0.39 is 17.0 Å². The maximum atomic E-state index is 13.5. The third-order valence-corrected chi connectivity index (χ3v) is 3.28. The molecule has 0 saturated heterocycles. The van der Waals surface area contributed by atoms with Crippen molar-refractivity contribution in [2.24, 2.45) is 0 Å². The van der Waals surface area contributed by atoms with E-state index in [0.29, 0.717) is 5.02 Å². The highest BCUT2D eigenvalue weighted by molar-refractivity contribution is 6.30. The first-order valence-corrected chi connectivity index (χ1v) is 6.22. The van der Waals surface area contributed by atoms with E-state index in [1.54, 1.807) is 24.3 Å². The summed E-state index contributed by atoms with van der Waals surface area (Å²) in [4.78, 5) is 0. The van der Waals surface area contributed by atoms with Gasteiger partial charge < -0.3 is 0 Å². The van der Waals surface area contributed by atoms with Gasteiger partial charge in [0.25, 0.3) is 0 Å². The fourth-order valence-electron chi connectivity index (χ4n) is 1.72. The van der Waals surface area contributed by atoms with E-state index in [4.69, 9.17) is 23.2 Å². The summed E-state index contributed by atoms with van der Waals surface area (Å²) in [5.74, 6) is -1.70. The molecular weight excluding hydrogens is 277 g/mol. The molecular formula is C14H10Cl2F2. The minimum atomic E-state index is -0.859. The Kier molecular flexibility index (Phi) is 4.20. The highest BCUT2D eigenvalue weighted by Gasteiger charge is 2.14. The van der Waals surface area contributed by atoms with Gasteiger partial charge in [-0.25, -0.2) is 8.78 Å². The second-order valence-corrected chi connectivity index (χ2v) is 4.90. The fraction of sp³-hybridized carbons (Fsp3) is 0.143. The molecule has 0 aliphatic heterocycles. The Morgan fingerprint density at radius 3 is 2.50 bits per heavy atom. The fourth-order valence-corrected chi connectivity index (χ4v) is 2.22. The van der Waals surface area contributed by atoms with Crippen molar-refractivity contribution >= 4 is 23.2 Å². The summed E-state index contributed by atoms with van der Waals surface area (Å²) in [5.41, 5.74) is 1.04. The lowest BCUT2D eigenvalue weighted by molar-refractivity contribution is 0.498. The summed E-state index contributed by atoms with van der Waals surface area (Å²) in [6.07, 6.45) is 0.214. The average molecular weight is 287 g/mol. The zero-order valence-electron chi connectivity index (χ0n) is 9.34. The molecule has 0 spiro atoms. The quantitative estimate of drug-likeness (QED) is 0.685. The van der Waals surface area contributed by atoms with Crippen molar-refractivity contribution in [2.75, 3.05) is 0 Å². The molecule has 0 aliphatic carbocycles. The average Bonchev–Trinajstić information content (AvgIpc) is 2.35. The second-order valence-electron chi connectivity index (χ2n) is 3.94. The van der Waals surface area contributed by atoms with E-state index in [2.05, 4.69) is 0 Å². The molecule has 4 heteroatoms. The molecule has 0 nitrogen and oxygen atoms in total. The van der Waals surface area contributed by atoms with Gasteiger partial charge in [0.1, 0.15) is 0 Å². The molecule has 0 fully saturated rings. The standard InChI is InChI=1S/C14H10Cl2F2/c15-11-5-1-3-9(7-11)12(16)8-10-4-2-6-13(17)14(10)18/h1-7,12H,8H2. The van der Waals surface area contributed by atoms with E-state index in [-0.39, 0.29) is 12.0 Å².